The lowest BCUT2D eigenvalue weighted by molar-refractivity contribution is -0.116. The molecule has 0 aliphatic carbocycles. The van der Waals surface area contributed by atoms with Crippen molar-refractivity contribution in [3.05, 3.63) is 60.0 Å². The zero-order valence-corrected chi connectivity index (χ0v) is 14.5. The quantitative estimate of drug-likeness (QED) is 0.700. The topological polar surface area (TPSA) is 91.2 Å². The smallest absolute Gasteiger partial charge is 0.247 e. The Hall–Kier alpha value is -3.42. The molecule has 0 atom stereocenters. The summed E-state index contributed by atoms with van der Waals surface area (Å²) in [4.78, 5) is 16.3. The molecule has 0 unspecified atom stereocenters. The molecule has 0 aliphatic rings. The molecule has 2 aromatic heterocycles. The van der Waals surface area contributed by atoms with E-state index < -0.39 is 0 Å². The summed E-state index contributed by atoms with van der Waals surface area (Å²) < 4.78 is 12.2. The van der Waals surface area contributed by atoms with Gasteiger partial charge in [0.2, 0.25) is 5.91 Å². The Morgan fingerprint density at radius 3 is 2.65 bits per heavy atom. The van der Waals surface area contributed by atoms with Crippen LogP contribution in [0, 0.1) is 6.92 Å². The van der Waals surface area contributed by atoms with Gasteiger partial charge < -0.3 is 14.8 Å². The van der Waals surface area contributed by atoms with Gasteiger partial charge in [-0.05, 0) is 43.3 Å². The number of carbonyl (C=O) groups excluding carboxylic acids is 1. The highest BCUT2D eigenvalue weighted by atomic mass is 16.5. The summed E-state index contributed by atoms with van der Waals surface area (Å²) in [6.45, 7) is 2.17. The number of anilines is 1. The molecule has 0 radical (unpaired) electrons. The number of pyridine rings is 1. The Bertz CT molecular complexity index is 877. The molecule has 0 fully saturated rings. The third-order valence-electron chi connectivity index (χ3n) is 3.49. The predicted octanol–water partition coefficient (Wildman–Crippen LogP) is 2.21. The van der Waals surface area contributed by atoms with Crippen LogP contribution in [0.2, 0.25) is 0 Å². The van der Waals surface area contributed by atoms with Crippen LogP contribution in [-0.4, -0.2) is 33.0 Å². The minimum atomic E-state index is -0.226. The van der Waals surface area contributed by atoms with Gasteiger partial charge in [0.05, 0.1) is 13.3 Å². The number of benzene rings is 1. The van der Waals surface area contributed by atoms with Crippen molar-refractivity contribution in [3.8, 4) is 11.5 Å². The molecule has 0 aliphatic heterocycles. The van der Waals surface area contributed by atoms with Crippen LogP contribution >= 0.6 is 0 Å². The van der Waals surface area contributed by atoms with Gasteiger partial charge >= 0.3 is 0 Å². The number of amides is 1. The van der Waals surface area contributed by atoms with E-state index >= 15 is 0 Å². The number of nitrogens with zero attached hydrogens (tertiary/aromatic N) is 4. The highest BCUT2D eigenvalue weighted by Gasteiger charge is 2.08. The number of aryl methyl sites for hydroxylation is 1. The Kier molecular flexibility index (Phi) is 5.43. The first-order valence-electron chi connectivity index (χ1n) is 8.02. The monoisotopic (exact) mass is 353 g/mol. The van der Waals surface area contributed by atoms with Gasteiger partial charge in [0.1, 0.15) is 36.2 Å². The Morgan fingerprint density at radius 2 is 1.92 bits per heavy atom. The summed E-state index contributed by atoms with van der Waals surface area (Å²) in [5.74, 6) is 1.75. The van der Waals surface area contributed by atoms with Gasteiger partial charge in [0.25, 0.3) is 0 Å². The van der Waals surface area contributed by atoms with Crippen LogP contribution in [-0.2, 0) is 17.9 Å². The van der Waals surface area contributed by atoms with E-state index in [0.717, 1.165) is 11.4 Å². The third kappa shape index (κ3) is 4.79. The van der Waals surface area contributed by atoms with Crippen LogP contribution in [0.1, 0.15) is 11.4 Å². The van der Waals surface area contributed by atoms with Crippen molar-refractivity contribution in [3.63, 3.8) is 0 Å². The maximum atomic E-state index is 12.1. The molecular formula is C18H19N5O3. The molecule has 8 nitrogen and oxygen atoms in total. The van der Waals surface area contributed by atoms with E-state index in [1.165, 1.54) is 4.68 Å². The van der Waals surface area contributed by atoms with E-state index in [-0.39, 0.29) is 19.1 Å². The van der Waals surface area contributed by atoms with Crippen LogP contribution in [0.15, 0.2) is 48.7 Å². The van der Waals surface area contributed by atoms with Gasteiger partial charge in [-0.1, -0.05) is 11.3 Å². The lowest BCUT2D eigenvalue weighted by Crippen LogP contribution is -2.19. The molecule has 0 saturated heterocycles. The van der Waals surface area contributed by atoms with Gasteiger partial charge in [-0.15, -0.1) is 5.10 Å². The highest BCUT2D eigenvalue weighted by Crippen LogP contribution is 2.17. The van der Waals surface area contributed by atoms with Crippen LogP contribution in [0.3, 0.4) is 0 Å². The van der Waals surface area contributed by atoms with Crippen molar-refractivity contribution in [1.82, 2.24) is 20.0 Å². The second kappa shape index (κ2) is 8.11. The predicted molar refractivity (Wildman–Crippen MR) is 95.0 cm³/mol. The van der Waals surface area contributed by atoms with E-state index in [0.29, 0.717) is 17.3 Å². The molecule has 26 heavy (non-hydrogen) atoms. The number of ether oxygens (including phenoxy) is 2. The van der Waals surface area contributed by atoms with Crippen LogP contribution in [0.5, 0.6) is 11.5 Å². The molecule has 2 heterocycles. The van der Waals surface area contributed by atoms with Crippen molar-refractivity contribution in [2.75, 3.05) is 12.4 Å². The average Bonchev–Trinajstić information content (AvgIpc) is 3.07. The molecule has 1 amide bonds. The van der Waals surface area contributed by atoms with E-state index in [1.807, 2.05) is 43.3 Å². The van der Waals surface area contributed by atoms with Crippen LogP contribution in [0.25, 0.3) is 0 Å². The number of methoxy groups -OCH3 is 1. The summed E-state index contributed by atoms with van der Waals surface area (Å²) in [7, 11) is 1.61. The minimum absolute atomic E-state index is 0.0468. The fourth-order valence-electron chi connectivity index (χ4n) is 2.25. The Morgan fingerprint density at radius 1 is 1.15 bits per heavy atom. The summed E-state index contributed by atoms with van der Waals surface area (Å²) in [5.41, 5.74) is 1.46. The number of carbonyl (C=O) groups is 1. The SMILES string of the molecule is COc1ccc(OCc2cn(CC(=O)Nc3cccc(C)n3)nn2)cc1. The van der Waals surface area contributed by atoms with Gasteiger partial charge in [-0.25, -0.2) is 9.67 Å². The van der Waals surface area contributed by atoms with Crippen molar-refractivity contribution in [2.24, 2.45) is 0 Å². The van der Waals surface area contributed by atoms with Crippen molar-refractivity contribution < 1.29 is 14.3 Å². The summed E-state index contributed by atoms with van der Waals surface area (Å²) in [6, 6.07) is 12.7. The molecule has 0 bridgehead atoms. The lowest BCUT2D eigenvalue weighted by atomic mass is 10.3. The van der Waals surface area contributed by atoms with Crippen LogP contribution < -0.4 is 14.8 Å². The second-order valence-electron chi connectivity index (χ2n) is 5.58. The molecule has 1 N–H and O–H groups in total. The van der Waals surface area contributed by atoms with Crippen molar-refractivity contribution >= 4 is 11.7 Å². The zero-order chi connectivity index (χ0) is 18.4. The number of aromatic nitrogens is 4. The molecule has 1 aromatic carbocycles. The van der Waals surface area contributed by atoms with E-state index in [1.54, 1.807) is 19.4 Å². The first-order chi connectivity index (χ1) is 12.6. The maximum Gasteiger partial charge on any atom is 0.247 e. The molecule has 0 saturated carbocycles. The van der Waals surface area contributed by atoms with Crippen molar-refractivity contribution in [2.45, 2.75) is 20.1 Å². The molecule has 3 rings (SSSR count). The maximum absolute atomic E-state index is 12.1. The van der Waals surface area contributed by atoms with Gasteiger partial charge in [0, 0.05) is 5.69 Å². The van der Waals surface area contributed by atoms with Gasteiger partial charge in [-0.2, -0.15) is 0 Å². The average molecular weight is 353 g/mol. The number of hydrogen-bond acceptors (Lipinski definition) is 6. The summed E-state index contributed by atoms with van der Waals surface area (Å²) in [5, 5.41) is 10.7. The zero-order valence-electron chi connectivity index (χ0n) is 14.5. The molecule has 0 spiro atoms. The van der Waals surface area contributed by atoms with Crippen molar-refractivity contribution in [1.29, 1.82) is 0 Å². The van der Waals surface area contributed by atoms with E-state index in [4.69, 9.17) is 9.47 Å². The van der Waals surface area contributed by atoms with Crippen LogP contribution in [0.4, 0.5) is 5.82 Å². The number of hydrogen-bond donors (Lipinski definition) is 1. The third-order valence-corrected chi connectivity index (χ3v) is 3.49. The van der Waals surface area contributed by atoms with Gasteiger partial charge in [-0.3, -0.25) is 4.79 Å². The summed E-state index contributed by atoms with van der Waals surface area (Å²) in [6.07, 6.45) is 1.67. The normalized spacial score (nSPS) is 10.4. The molecule has 134 valence electrons. The molecule has 8 heteroatoms. The van der Waals surface area contributed by atoms with E-state index in [2.05, 4.69) is 20.6 Å². The minimum Gasteiger partial charge on any atom is -0.497 e. The summed E-state index contributed by atoms with van der Waals surface area (Å²) >= 11 is 0. The Labute approximate surface area is 150 Å². The first-order valence-corrected chi connectivity index (χ1v) is 8.02. The second-order valence-corrected chi connectivity index (χ2v) is 5.58. The van der Waals surface area contributed by atoms with Gasteiger partial charge in [0.15, 0.2) is 0 Å². The highest BCUT2D eigenvalue weighted by molar-refractivity contribution is 5.89. The Balaban J connectivity index is 1.51. The molecule has 3 aromatic rings. The lowest BCUT2D eigenvalue weighted by Gasteiger charge is -2.05. The fraction of sp³-hybridized carbons (Fsp3) is 0.222. The number of nitrogens with one attached hydrogen (secondary N) is 1. The number of rotatable bonds is 7. The molecular weight excluding hydrogens is 334 g/mol. The largest absolute Gasteiger partial charge is 0.497 e. The standard InChI is InChI=1S/C18H19N5O3/c1-13-4-3-5-17(19-13)20-18(24)11-23-10-14(21-22-23)12-26-16-8-6-15(25-2)7-9-16/h3-10H,11-12H2,1-2H3,(H,19,20,24). The fourth-order valence-corrected chi connectivity index (χ4v) is 2.25. The first kappa shape index (κ1) is 17.4. The van der Waals surface area contributed by atoms with E-state index in [9.17, 15) is 4.79 Å².